The van der Waals surface area contributed by atoms with Crippen molar-refractivity contribution in [1.29, 1.82) is 0 Å². The molecule has 0 aromatic heterocycles. The number of carbonyl (C=O) groups excluding carboxylic acids is 2. The van der Waals surface area contributed by atoms with Gasteiger partial charge in [0, 0.05) is 30.4 Å². The maximum absolute atomic E-state index is 13.9. The molecule has 3 aromatic rings. The number of benzene rings is 3. The van der Waals surface area contributed by atoms with Gasteiger partial charge < -0.3 is 15.0 Å². The van der Waals surface area contributed by atoms with Gasteiger partial charge in [-0.15, -0.1) is 0 Å². The van der Waals surface area contributed by atoms with E-state index < -0.39 is 23.6 Å². The van der Waals surface area contributed by atoms with Gasteiger partial charge in [-0.3, -0.25) is 9.59 Å². The van der Waals surface area contributed by atoms with Gasteiger partial charge in [-0.1, -0.05) is 12.1 Å². The highest BCUT2D eigenvalue weighted by Crippen LogP contribution is 2.29. The molecule has 1 N–H and O–H groups in total. The zero-order valence-electron chi connectivity index (χ0n) is 17.8. The molecule has 1 heterocycles. The van der Waals surface area contributed by atoms with Crippen LogP contribution >= 0.6 is 0 Å². The van der Waals surface area contributed by atoms with Gasteiger partial charge in [-0.2, -0.15) is 0 Å². The average molecular weight is 454 g/mol. The van der Waals surface area contributed by atoms with Gasteiger partial charge in [0.05, 0.1) is 5.56 Å². The number of amides is 2. The van der Waals surface area contributed by atoms with E-state index in [-0.39, 0.29) is 23.8 Å². The Kier molecular flexibility index (Phi) is 6.35. The summed E-state index contributed by atoms with van der Waals surface area (Å²) in [4.78, 5) is 26.9. The smallest absolute Gasteiger partial charge is 0.263 e. The Morgan fingerprint density at radius 1 is 1.03 bits per heavy atom. The van der Waals surface area contributed by atoms with E-state index in [1.54, 1.807) is 42.2 Å². The Hall–Kier alpha value is -3.81. The van der Waals surface area contributed by atoms with Crippen LogP contribution in [0.1, 0.15) is 28.4 Å². The molecule has 1 aliphatic heterocycles. The lowest BCUT2D eigenvalue weighted by atomic mass is 10.1. The summed E-state index contributed by atoms with van der Waals surface area (Å²) in [5.74, 6) is -2.46. The lowest BCUT2D eigenvalue weighted by Crippen LogP contribution is -2.39. The second kappa shape index (κ2) is 9.36. The summed E-state index contributed by atoms with van der Waals surface area (Å²) < 4.78 is 46.0. The van der Waals surface area contributed by atoms with Crippen LogP contribution in [0.5, 0.6) is 5.75 Å². The molecule has 0 saturated heterocycles. The van der Waals surface area contributed by atoms with Crippen LogP contribution in [0.25, 0.3) is 0 Å². The van der Waals surface area contributed by atoms with Gasteiger partial charge in [-0.25, -0.2) is 13.2 Å². The molecule has 0 saturated carbocycles. The molecule has 3 aromatic carbocycles. The third kappa shape index (κ3) is 5.16. The summed E-state index contributed by atoms with van der Waals surface area (Å²) >= 11 is 0. The van der Waals surface area contributed by atoms with Crippen molar-refractivity contribution < 1.29 is 27.5 Å². The largest absolute Gasteiger partial charge is 0.481 e. The van der Waals surface area contributed by atoms with Crippen LogP contribution in [0.4, 0.5) is 18.9 Å². The van der Waals surface area contributed by atoms with Gasteiger partial charge in [0.25, 0.3) is 11.8 Å². The third-order valence-corrected chi connectivity index (χ3v) is 5.40. The number of fused-ring (bicyclic) bond motifs is 1. The summed E-state index contributed by atoms with van der Waals surface area (Å²) in [5, 5.41) is 2.59. The van der Waals surface area contributed by atoms with E-state index in [0.717, 1.165) is 17.7 Å². The molecule has 4 rings (SSSR count). The van der Waals surface area contributed by atoms with Gasteiger partial charge in [0.15, 0.2) is 6.10 Å². The zero-order valence-corrected chi connectivity index (χ0v) is 17.8. The number of halogens is 3. The summed E-state index contributed by atoms with van der Waals surface area (Å²) in [6, 6.07) is 13.7. The molecular weight excluding hydrogens is 433 g/mol. The second-order valence-corrected chi connectivity index (χ2v) is 7.80. The van der Waals surface area contributed by atoms with Crippen molar-refractivity contribution in [3.8, 4) is 5.75 Å². The minimum atomic E-state index is -0.961. The van der Waals surface area contributed by atoms with Gasteiger partial charge in [0.2, 0.25) is 0 Å². The normalized spacial score (nSPS) is 15.5. The molecule has 5 nitrogen and oxygen atoms in total. The topological polar surface area (TPSA) is 58.6 Å². The van der Waals surface area contributed by atoms with E-state index in [4.69, 9.17) is 4.74 Å². The van der Waals surface area contributed by atoms with Crippen LogP contribution in [-0.2, 0) is 17.8 Å². The summed E-state index contributed by atoms with van der Waals surface area (Å²) in [6.07, 6.45) is -0.165. The maximum atomic E-state index is 13.9. The molecule has 0 bridgehead atoms. The Balaban J connectivity index is 1.51. The van der Waals surface area contributed by atoms with Crippen molar-refractivity contribution in [3.63, 3.8) is 0 Å². The lowest BCUT2D eigenvalue weighted by molar-refractivity contribution is -0.137. The van der Waals surface area contributed by atoms with Gasteiger partial charge in [-0.05, 0) is 61.4 Å². The van der Waals surface area contributed by atoms with E-state index in [9.17, 15) is 22.8 Å². The molecule has 8 heteroatoms. The molecule has 0 fully saturated rings. The second-order valence-electron chi connectivity index (χ2n) is 7.80. The van der Waals surface area contributed by atoms with Crippen molar-refractivity contribution in [3.05, 3.63) is 94.8 Å². The number of hydrogen-bond donors (Lipinski definition) is 1. The molecule has 170 valence electrons. The molecule has 0 radical (unpaired) electrons. The predicted molar refractivity (Wildman–Crippen MR) is 116 cm³/mol. The summed E-state index contributed by atoms with van der Waals surface area (Å²) in [7, 11) is 0. The Morgan fingerprint density at radius 3 is 2.48 bits per heavy atom. The van der Waals surface area contributed by atoms with Crippen LogP contribution < -0.4 is 10.1 Å². The van der Waals surface area contributed by atoms with Crippen LogP contribution in [0.3, 0.4) is 0 Å². The lowest BCUT2D eigenvalue weighted by Gasteiger charge is -2.22. The number of nitrogens with zero attached hydrogens (tertiary/aromatic N) is 1. The van der Waals surface area contributed by atoms with Crippen molar-refractivity contribution >= 4 is 17.5 Å². The molecule has 1 unspecified atom stereocenters. The zero-order chi connectivity index (χ0) is 23.5. The molecule has 1 atom stereocenters. The van der Waals surface area contributed by atoms with Crippen molar-refractivity contribution in [1.82, 2.24) is 4.90 Å². The molecule has 33 heavy (non-hydrogen) atoms. The third-order valence-electron chi connectivity index (χ3n) is 5.40. The average Bonchev–Trinajstić information content (AvgIpc) is 2.89. The maximum Gasteiger partial charge on any atom is 0.263 e. The van der Waals surface area contributed by atoms with Crippen LogP contribution in [0.15, 0.2) is 60.7 Å². The van der Waals surface area contributed by atoms with Crippen molar-refractivity contribution in [2.24, 2.45) is 0 Å². The first-order chi connectivity index (χ1) is 15.8. The Bertz CT molecular complexity index is 1200. The number of carbonyl (C=O) groups is 2. The molecule has 2 amide bonds. The van der Waals surface area contributed by atoms with E-state index in [1.807, 2.05) is 0 Å². The first-order valence-electron chi connectivity index (χ1n) is 10.4. The Labute approximate surface area is 188 Å². The highest BCUT2D eigenvalue weighted by molar-refractivity contribution is 6.04. The van der Waals surface area contributed by atoms with E-state index >= 15 is 0 Å². The first-order valence-corrected chi connectivity index (χ1v) is 10.4. The van der Waals surface area contributed by atoms with E-state index in [1.165, 1.54) is 12.1 Å². The van der Waals surface area contributed by atoms with E-state index in [0.29, 0.717) is 36.0 Å². The van der Waals surface area contributed by atoms with Gasteiger partial charge >= 0.3 is 0 Å². The van der Waals surface area contributed by atoms with Crippen LogP contribution in [-0.4, -0.2) is 29.4 Å². The number of rotatable bonds is 5. The number of nitrogens with one attached hydrogen (secondary N) is 1. The molecule has 1 aliphatic rings. The number of anilines is 1. The molecule has 0 aliphatic carbocycles. The van der Waals surface area contributed by atoms with E-state index in [2.05, 4.69) is 5.32 Å². The van der Waals surface area contributed by atoms with Crippen molar-refractivity contribution in [2.45, 2.75) is 26.0 Å². The van der Waals surface area contributed by atoms with Crippen LogP contribution in [0, 0.1) is 17.5 Å². The van der Waals surface area contributed by atoms with Crippen molar-refractivity contribution in [2.75, 3.05) is 11.9 Å². The SMILES string of the molecule is CC1Oc2ccc(NC(=O)c3ccc(F)cc3F)cc2CN(CCc2ccc(F)cc2)C1=O. The molecule has 0 spiro atoms. The monoisotopic (exact) mass is 454 g/mol. The fourth-order valence-electron chi connectivity index (χ4n) is 3.65. The summed E-state index contributed by atoms with van der Waals surface area (Å²) in [6.45, 7) is 2.30. The summed E-state index contributed by atoms with van der Waals surface area (Å²) in [5.41, 5.74) is 1.66. The number of hydrogen-bond acceptors (Lipinski definition) is 3. The standard InChI is InChI=1S/C25H21F3N2O3/c1-15-25(32)30(11-10-16-2-4-18(26)5-3-16)14-17-12-20(7-9-23(17)33-15)29-24(31)21-8-6-19(27)13-22(21)28/h2-9,12-13,15H,10-11,14H2,1H3,(H,29,31). The Morgan fingerprint density at radius 2 is 1.76 bits per heavy atom. The fourth-order valence-corrected chi connectivity index (χ4v) is 3.65. The predicted octanol–water partition coefficient (Wildman–Crippen LogP) is 4.71. The first kappa shape index (κ1) is 22.4. The quantitative estimate of drug-likeness (QED) is 0.608. The van der Waals surface area contributed by atoms with Gasteiger partial charge in [0.1, 0.15) is 23.2 Å². The minimum Gasteiger partial charge on any atom is -0.481 e. The highest BCUT2D eigenvalue weighted by atomic mass is 19.1. The molecular formula is C25H21F3N2O3. The minimum absolute atomic E-state index is 0.188. The fraction of sp³-hybridized carbons (Fsp3) is 0.200. The highest BCUT2D eigenvalue weighted by Gasteiger charge is 2.28. The van der Waals surface area contributed by atoms with Crippen LogP contribution in [0.2, 0.25) is 0 Å². The number of ether oxygens (including phenoxy) is 1.